The Kier molecular flexibility index (Phi) is 8.09. The Morgan fingerprint density at radius 3 is 2.41 bits per heavy atom. The van der Waals surface area contributed by atoms with Crippen molar-refractivity contribution in [3.05, 3.63) is 95.3 Å². The summed E-state index contributed by atoms with van der Waals surface area (Å²) >= 11 is 0. The van der Waals surface area contributed by atoms with Crippen molar-refractivity contribution in [3.8, 4) is 5.75 Å². The molecule has 0 aliphatic heterocycles. The minimum absolute atomic E-state index is 0.250. The van der Waals surface area contributed by atoms with Crippen LogP contribution in [0.25, 0.3) is 0 Å². The summed E-state index contributed by atoms with van der Waals surface area (Å²) in [5, 5.41) is 6.67. The van der Waals surface area contributed by atoms with Gasteiger partial charge in [0.2, 0.25) is 0 Å². The van der Waals surface area contributed by atoms with Crippen molar-refractivity contribution in [3.63, 3.8) is 0 Å². The second kappa shape index (κ2) is 11.4. The van der Waals surface area contributed by atoms with E-state index in [9.17, 15) is 14.0 Å². The van der Waals surface area contributed by atoms with Gasteiger partial charge in [-0.3, -0.25) is 9.59 Å². The number of nitrogens with one attached hydrogen (secondary N) is 2. The van der Waals surface area contributed by atoms with Crippen LogP contribution in [0.3, 0.4) is 0 Å². The van der Waals surface area contributed by atoms with Crippen molar-refractivity contribution in [1.29, 1.82) is 0 Å². The molecule has 0 saturated heterocycles. The first kappa shape index (κ1) is 22.7. The SMILES string of the molecule is CCCCOc1ccc(/C=N\NC(=O)c2ccccc2NC(=O)c2ccc(F)cc2)cc1. The maximum absolute atomic E-state index is 13.1. The zero-order valence-electron chi connectivity index (χ0n) is 17.7. The molecule has 0 fully saturated rings. The predicted octanol–water partition coefficient (Wildman–Crippen LogP) is 5.02. The van der Waals surface area contributed by atoms with Crippen LogP contribution < -0.4 is 15.5 Å². The molecule has 0 saturated carbocycles. The molecule has 7 heteroatoms. The summed E-state index contributed by atoms with van der Waals surface area (Å²) in [4.78, 5) is 25.0. The lowest BCUT2D eigenvalue weighted by molar-refractivity contribution is 0.0956. The van der Waals surface area contributed by atoms with Crippen LogP contribution in [-0.4, -0.2) is 24.6 Å². The molecule has 0 bridgehead atoms. The highest BCUT2D eigenvalue weighted by atomic mass is 19.1. The van der Waals surface area contributed by atoms with E-state index in [4.69, 9.17) is 4.74 Å². The average molecular weight is 433 g/mol. The normalized spacial score (nSPS) is 10.7. The first-order valence-electron chi connectivity index (χ1n) is 10.3. The fourth-order valence-corrected chi connectivity index (χ4v) is 2.80. The van der Waals surface area contributed by atoms with Gasteiger partial charge in [-0.15, -0.1) is 0 Å². The molecule has 0 unspecified atom stereocenters. The molecule has 0 atom stereocenters. The summed E-state index contributed by atoms with van der Waals surface area (Å²) in [6.07, 6.45) is 3.60. The van der Waals surface area contributed by atoms with E-state index in [1.54, 1.807) is 24.3 Å². The van der Waals surface area contributed by atoms with E-state index in [-0.39, 0.29) is 11.1 Å². The van der Waals surface area contributed by atoms with Crippen molar-refractivity contribution < 1.29 is 18.7 Å². The molecule has 0 aliphatic carbocycles. The summed E-state index contributed by atoms with van der Waals surface area (Å²) in [6, 6.07) is 19.1. The van der Waals surface area contributed by atoms with E-state index in [0.29, 0.717) is 12.3 Å². The van der Waals surface area contributed by atoms with Crippen LogP contribution in [0, 0.1) is 5.82 Å². The molecule has 6 nitrogen and oxygen atoms in total. The number of carbonyl (C=O) groups excluding carboxylic acids is 2. The standard InChI is InChI=1S/C25H24FN3O3/c1-2-3-16-32-21-14-8-18(9-15-21)17-27-29-25(31)22-6-4-5-7-23(22)28-24(30)19-10-12-20(26)13-11-19/h4-15,17H,2-3,16H2,1H3,(H,28,30)(H,29,31)/b27-17-. The van der Waals surface area contributed by atoms with Gasteiger partial charge in [-0.05, 0) is 72.6 Å². The Morgan fingerprint density at radius 2 is 1.69 bits per heavy atom. The minimum atomic E-state index is -0.476. The Morgan fingerprint density at radius 1 is 0.969 bits per heavy atom. The highest BCUT2D eigenvalue weighted by molar-refractivity contribution is 6.09. The van der Waals surface area contributed by atoms with Crippen LogP contribution in [0.4, 0.5) is 10.1 Å². The summed E-state index contributed by atoms with van der Waals surface area (Å²) < 4.78 is 18.7. The van der Waals surface area contributed by atoms with E-state index in [0.717, 1.165) is 24.2 Å². The van der Waals surface area contributed by atoms with Gasteiger partial charge in [-0.2, -0.15) is 5.10 Å². The molecule has 3 rings (SSSR count). The van der Waals surface area contributed by atoms with Crippen molar-refractivity contribution in [1.82, 2.24) is 5.43 Å². The molecule has 3 aromatic rings. The number of hydrogen-bond acceptors (Lipinski definition) is 4. The van der Waals surface area contributed by atoms with Gasteiger partial charge >= 0.3 is 0 Å². The molecule has 0 spiro atoms. The zero-order chi connectivity index (χ0) is 22.8. The molecule has 2 amide bonds. The number of ether oxygens (including phenoxy) is 1. The number of hydrazone groups is 1. The number of benzene rings is 3. The number of para-hydroxylation sites is 1. The number of halogens is 1. The van der Waals surface area contributed by atoms with Gasteiger partial charge in [0.15, 0.2) is 0 Å². The number of anilines is 1. The van der Waals surface area contributed by atoms with Gasteiger partial charge in [0.25, 0.3) is 11.8 Å². The van der Waals surface area contributed by atoms with Crippen molar-refractivity contribution in [2.45, 2.75) is 19.8 Å². The van der Waals surface area contributed by atoms with Crippen LogP contribution in [0.1, 0.15) is 46.0 Å². The fraction of sp³-hybridized carbons (Fsp3) is 0.160. The lowest BCUT2D eigenvalue weighted by Gasteiger charge is -2.10. The Hall–Kier alpha value is -4.00. The highest BCUT2D eigenvalue weighted by Crippen LogP contribution is 2.17. The topological polar surface area (TPSA) is 79.8 Å². The average Bonchev–Trinajstić information content (AvgIpc) is 2.81. The van der Waals surface area contributed by atoms with E-state index in [1.807, 2.05) is 24.3 Å². The number of nitrogens with zero attached hydrogens (tertiary/aromatic N) is 1. The van der Waals surface area contributed by atoms with Crippen molar-refractivity contribution >= 4 is 23.7 Å². The molecule has 0 aromatic heterocycles. The lowest BCUT2D eigenvalue weighted by Crippen LogP contribution is -2.21. The largest absolute Gasteiger partial charge is 0.494 e. The highest BCUT2D eigenvalue weighted by Gasteiger charge is 2.13. The number of hydrogen-bond donors (Lipinski definition) is 2. The summed E-state index contributed by atoms with van der Waals surface area (Å²) in [5.41, 5.74) is 4.11. The zero-order valence-corrected chi connectivity index (χ0v) is 17.7. The van der Waals surface area contributed by atoms with Gasteiger partial charge in [-0.25, -0.2) is 9.82 Å². The Bertz CT molecular complexity index is 1080. The lowest BCUT2D eigenvalue weighted by atomic mass is 10.1. The van der Waals surface area contributed by atoms with Gasteiger partial charge in [0.1, 0.15) is 11.6 Å². The van der Waals surface area contributed by atoms with Crippen LogP contribution >= 0.6 is 0 Å². The minimum Gasteiger partial charge on any atom is -0.494 e. The summed E-state index contributed by atoms with van der Waals surface area (Å²) in [7, 11) is 0. The maximum atomic E-state index is 13.1. The molecule has 0 heterocycles. The predicted molar refractivity (Wildman–Crippen MR) is 123 cm³/mol. The quantitative estimate of drug-likeness (QED) is 0.282. The smallest absolute Gasteiger partial charge is 0.273 e. The number of amides is 2. The second-order valence-electron chi connectivity index (χ2n) is 6.98. The van der Waals surface area contributed by atoms with Crippen molar-refractivity contribution in [2.75, 3.05) is 11.9 Å². The fourth-order valence-electron chi connectivity index (χ4n) is 2.80. The monoisotopic (exact) mass is 433 g/mol. The van der Waals surface area contributed by atoms with E-state index < -0.39 is 17.6 Å². The molecule has 0 aliphatic rings. The van der Waals surface area contributed by atoms with Crippen LogP contribution in [0.15, 0.2) is 77.9 Å². The molecule has 32 heavy (non-hydrogen) atoms. The van der Waals surface area contributed by atoms with Gasteiger partial charge in [-0.1, -0.05) is 25.5 Å². The first-order chi connectivity index (χ1) is 15.6. The van der Waals surface area contributed by atoms with Gasteiger partial charge in [0, 0.05) is 5.56 Å². The van der Waals surface area contributed by atoms with Crippen molar-refractivity contribution in [2.24, 2.45) is 5.10 Å². The third-order valence-corrected chi connectivity index (χ3v) is 4.55. The summed E-state index contributed by atoms with van der Waals surface area (Å²) in [6.45, 7) is 2.78. The summed E-state index contributed by atoms with van der Waals surface area (Å²) in [5.74, 6) is -0.575. The Balaban J connectivity index is 1.60. The number of rotatable bonds is 9. The maximum Gasteiger partial charge on any atom is 0.273 e. The number of unbranched alkanes of at least 4 members (excludes halogenated alkanes) is 1. The molecule has 0 radical (unpaired) electrons. The molecular formula is C25H24FN3O3. The number of carbonyl (C=O) groups is 2. The van der Waals surface area contributed by atoms with Crippen LogP contribution in [-0.2, 0) is 0 Å². The third kappa shape index (κ3) is 6.50. The molecule has 3 aromatic carbocycles. The molecular weight excluding hydrogens is 409 g/mol. The van der Waals surface area contributed by atoms with Crippen LogP contribution in [0.2, 0.25) is 0 Å². The second-order valence-corrected chi connectivity index (χ2v) is 6.98. The van der Waals surface area contributed by atoms with E-state index >= 15 is 0 Å². The van der Waals surface area contributed by atoms with Crippen LogP contribution in [0.5, 0.6) is 5.75 Å². The molecule has 2 N–H and O–H groups in total. The first-order valence-corrected chi connectivity index (χ1v) is 10.3. The van der Waals surface area contributed by atoms with Gasteiger partial charge < -0.3 is 10.1 Å². The third-order valence-electron chi connectivity index (χ3n) is 4.55. The van der Waals surface area contributed by atoms with Gasteiger partial charge in [0.05, 0.1) is 24.1 Å². The van der Waals surface area contributed by atoms with E-state index in [1.165, 1.54) is 30.5 Å². The van der Waals surface area contributed by atoms with E-state index in [2.05, 4.69) is 22.8 Å². The Labute approximate surface area is 186 Å². The molecule has 164 valence electrons.